The highest BCUT2D eigenvalue weighted by atomic mass is 35.5. The average molecular weight is 356 g/mol. The van der Waals surface area contributed by atoms with Gasteiger partial charge in [0.2, 0.25) is 0 Å². The van der Waals surface area contributed by atoms with Crippen molar-refractivity contribution < 1.29 is 14.3 Å². The Kier molecular flexibility index (Phi) is 4.90. The molecule has 0 unspecified atom stereocenters. The van der Waals surface area contributed by atoms with Gasteiger partial charge in [0, 0.05) is 23.1 Å². The van der Waals surface area contributed by atoms with Crippen LogP contribution in [0.5, 0.6) is 0 Å². The number of nitrogens with zero attached hydrogens (tertiary/aromatic N) is 2. The number of carbonyl (C=O) groups excluding carboxylic acids is 2. The van der Waals surface area contributed by atoms with Gasteiger partial charge in [0.05, 0.1) is 16.6 Å². The molecular formula is C18H14ClN3O3. The van der Waals surface area contributed by atoms with Gasteiger partial charge in [-0.15, -0.1) is 0 Å². The van der Waals surface area contributed by atoms with Crippen LogP contribution in [0, 0.1) is 6.92 Å². The summed E-state index contributed by atoms with van der Waals surface area (Å²) < 4.78 is 5.05. The van der Waals surface area contributed by atoms with Crippen LogP contribution in [-0.4, -0.2) is 28.5 Å². The van der Waals surface area contributed by atoms with Gasteiger partial charge in [0.25, 0.3) is 5.91 Å². The van der Waals surface area contributed by atoms with Crippen molar-refractivity contribution in [2.45, 2.75) is 6.92 Å². The number of ether oxygens (including phenoxy) is 1. The van der Waals surface area contributed by atoms with Crippen LogP contribution in [0.4, 0.5) is 5.69 Å². The number of carbonyl (C=O) groups is 2. The average Bonchev–Trinajstić information content (AvgIpc) is 2.62. The van der Waals surface area contributed by atoms with Crippen molar-refractivity contribution >= 4 is 40.2 Å². The molecule has 0 aliphatic heterocycles. The minimum Gasteiger partial charge on any atom is -0.452 e. The van der Waals surface area contributed by atoms with Crippen molar-refractivity contribution in [3.05, 3.63) is 64.9 Å². The maximum Gasteiger partial charge on any atom is 0.338 e. The van der Waals surface area contributed by atoms with Gasteiger partial charge in [-0.2, -0.15) is 0 Å². The summed E-state index contributed by atoms with van der Waals surface area (Å²) in [6.07, 6.45) is 3.11. The molecule has 0 bridgehead atoms. The Balaban J connectivity index is 1.62. The van der Waals surface area contributed by atoms with E-state index in [2.05, 4.69) is 15.3 Å². The van der Waals surface area contributed by atoms with E-state index in [0.29, 0.717) is 27.3 Å². The number of hydrogen-bond acceptors (Lipinski definition) is 5. The fourth-order valence-corrected chi connectivity index (χ4v) is 2.39. The van der Waals surface area contributed by atoms with Crippen molar-refractivity contribution in [3.63, 3.8) is 0 Å². The second kappa shape index (κ2) is 7.27. The smallest absolute Gasteiger partial charge is 0.338 e. The number of rotatable bonds is 4. The number of esters is 1. The molecule has 0 saturated heterocycles. The standard InChI is InChI=1S/C18H14ClN3O3/c1-11-2-4-13(19)9-15(11)22-17(23)10-25-18(24)12-3-5-14-16(8-12)21-7-6-20-14/h2-9H,10H2,1H3,(H,22,23). The monoisotopic (exact) mass is 355 g/mol. The Morgan fingerprint density at radius 1 is 1.08 bits per heavy atom. The first-order valence-electron chi connectivity index (χ1n) is 7.47. The molecule has 25 heavy (non-hydrogen) atoms. The maximum atomic E-state index is 12.1. The quantitative estimate of drug-likeness (QED) is 0.725. The van der Waals surface area contributed by atoms with Crippen molar-refractivity contribution in [1.82, 2.24) is 9.97 Å². The molecule has 3 rings (SSSR count). The zero-order chi connectivity index (χ0) is 17.8. The van der Waals surface area contributed by atoms with E-state index in [1.165, 1.54) is 6.20 Å². The molecule has 1 amide bonds. The second-order valence-corrected chi connectivity index (χ2v) is 5.78. The van der Waals surface area contributed by atoms with Gasteiger partial charge in [-0.1, -0.05) is 17.7 Å². The molecule has 0 aliphatic rings. The number of nitrogens with one attached hydrogen (secondary N) is 1. The minimum atomic E-state index is -0.606. The van der Waals surface area contributed by atoms with Crippen LogP contribution in [0.1, 0.15) is 15.9 Å². The van der Waals surface area contributed by atoms with Crippen LogP contribution in [0.3, 0.4) is 0 Å². The molecule has 6 nitrogen and oxygen atoms in total. The van der Waals surface area contributed by atoms with Gasteiger partial charge in [0.1, 0.15) is 0 Å². The molecule has 2 aromatic carbocycles. The summed E-state index contributed by atoms with van der Waals surface area (Å²) in [5.74, 6) is -1.05. The van der Waals surface area contributed by atoms with Gasteiger partial charge >= 0.3 is 5.97 Å². The number of halogens is 1. The van der Waals surface area contributed by atoms with E-state index in [4.69, 9.17) is 16.3 Å². The molecule has 0 aliphatic carbocycles. The van der Waals surface area contributed by atoms with Crippen molar-refractivity contribution in [3.8, 4) is 0 Å². The van der Waals surface area contributed by atoms with E-state index in [1.807, 2.05) is 6.92 Å². The number of benzene rings is 2. The highest BCUT2D eigenvalue weighted by Crippen LogP contribution is 2.20. The van der Waals surface area contributed by atoms with Crippen LogP contribution in [0.15, 0.2) is 48.8 Å². The van der Waals surface area contributed by atoms with E-state index in [0.717, 1.165) is 5.56 Å². The molecule has 1 aromatic heterocycles. The first-order chi connectivity index (χ1) is 12.0. The van der Waals surface area contributed by atoms with Crippen molar-refractivity contribution in [1.29, 1.82) is 0 Å². The zero-order valence-corrected chi connectivity index (χ0v) is 14.1. The molecule has 0 saturated carbocycles. The van der Waals surface area contributed by atoms with Crippen LogP contribution < -0.4 is 5.32 Å². The Morgan fingerprint density at radius 2 is 1.84 bits per heavy atom. The summed E-state index contributed by atoms with van der Waals surface area (Å²) in [7, 11) is 0. The molecule has 0 atom stereocenters. The van der Waals surface area contributed by atoms with Crippen LogP contribution >= 0.6 is 11.6 Å². The van der Waals surface area contributed by atoms with E-state index in [-0.39, 0.29) is 0 Å². The predicted molar refractivity (Wildman–Crippen MR) is 94.6 cm³/mol. The highest BCUT2D eigenvalue weighted by Gasteiger charge is 2.12. The van der Waals surface area contributed by atoms with Crippen LogP contribution in [-0.2, 0) is 9.53 Å². The van der Waals surface area contributed by atoms with Crippen LogP contribution in [0.2, 0.25) is 5.02 Å². The first-order valence-corrected chi connectivity index (χ1v) is 7.84. The molecule has 0 fully saturated rings. The number of anilines is 1. The van der Waals surface area contributed by atoms with E-state index < -0.39 is 18.5 Å². The number of amides is 1. The van der Waals surface area contributed by atoms with Gasteiger partial charge < -0.3 is 10.1 Å². The van der Waals surface area contributed by atoms with Gasteiger partial charge in [0.15, 0.2) is 6.61 Å². The summed E-state index contributed by atoms with van der Waals surface area (Å²) >= 11 is 5.91. The Hall–Kier alpha value is -2.99. The largest absolute Gasteiger partial charge is 0.452 e. The first kappa shape index (κ1) is 16.9. The number of aromatic nitrogens is 2. The second-order valence-electron chi connectivity index (χ2n) is 5.34. The Bertz CT molecular complexity index is 959. The number of hydrogen-bond donors (Lipinski definition) is 1. The third kappa shape index (κ3) is 4.10. The Labute approximate surface area is 148 Å². The summed E-state index contributed by atoms with van der Waals surface area (Å²) in [4.78, 5) is 32.3. The molecular weight excluding hydrogens is 342 g/mol. The molecule has 0 radical (unpaired) electrons. The summed E-state index contributed by atoms with van der Waals surface area (Å²) in [5, 5.41) is 3.17. The van der Waals surface area contributed by atoms with Gasteiger partial charge in [-0.3, -0.25) is 14.8 Å². The summed E-state index contributed by atoms with van der Waals surface area (Å²) in [5.41, 5.74) is 3.00. The highest BCUT2D eigenvalue weighted by molar-refractivity contribution is 6.31. The molecule has 7 heteroatoms. The van der Waals surface area contributed by atoms with E-state index in [1.54, 1.807) is 42.6 Å². The fourth-order valence-electron chi connectivity index (χ4n) is 2.22. The lowest BCUT2D eigenvalue weighted by molar-refractivity contribution is -0.119. The lowest BCUT2D eigenvalue weighted by Crippen LogP contribution is -2.21. The van der Waals surface area contributed by atoms with Crippen molar-refractivity contribution in [2.24, 2.45) is 0 Å². The third-order valence-corrected chi connectivity index (χ3v) is 3.75. The normalized spacial score (nSPS) is 10.5. The molecule has 126 valence electrons. The number of fused-ring (bicyclic) bond motifs is 1. The SMILES string of the molecule is Cc1ccc(Cl)cc1NC(=O)COC(=O)c1ccc2nccnc2c1. The van der Waals surface area contributed by atoms with Gasteiger partial charge in [-0.05, 0) is 42.8 Å². The zero-order valence-electron chi connectivity index (χ0n) is 13.3. The minimum absolute atomic E-state index is 0.305. The molecule has 0 spiro atoms. The molecule has 3 aromatic rings. The van der Waals surface area contributed by atoms with Gasteiger partial charge in [-0.25, -0.2) is 4.79 Å². The topological polar surface area (TPSA) is 81.2 Å². The van der Waals surface area contributed by atoms with Crippen LogP contribution in [0.25, 0.3) is 11.0 Å². The van der Waals surface area contributed by atoms with E-state index in [9.17, 15) is 9.59 Å². The lowest BCUT2D eigenvalue weighted by Gasteiger charge is -2.09. The van der Waals surface area contributed by atoms with E-state index >= 15 is 0 Å². The maximum absolute atomic E-state index is 12.1. The lowest BCUT2D eigenvalue weighted by atomic mass is 10.2. The van der Waals surface area contributed by atoms with Crippen molar-refractivity contribution in [2.75, 3.05) is 11.9 Å². The molecule has 1 N–H and O–H groups in total. The Morgan fingerprint density at radius 3 is 2.64 bits per heavy atom. The fraction of sp³-hybridized carbons (Fsp3) is 0.111. The predicted octanol–water partition coefficient (Wildman–Crippen LogP) is 3.39. The summed E-state index contributed by atoms with van der Waals surface area (Å²) in [6.45, 7) is 1.44. The molecule has 1 heterocycles. The number of aryl methyl sites for hydroxylation is 1. The third-order valence-electron chi connectivity index (χ3n) is 3.51. The summed E-state index contributed by atoms with van der Waals surface area (Å²) in [6, 6.07) is 9.99.